The lowest BCUT2D eigenvalue weighted by atomic mass is 9.78. The standard InChI is InChI=1S/C16H31N3/c1-6-10-19(14(4)5)15-8-7-9-16(11-15,12-17)18-13(2)3/h13-15,18H,6-11H2,1-5H3. The highest BCUT2D eigenvalue weighted by Gasteiger charge is 2.39. The molecule has 0 aromatic rings. The lowest BCUT2D eigenvalue weighted by molar-refractivity contribution is 0.0896. The average Bonchev–Trinajstić information content (AvgIpc) is 2.35. The van der Waals surface area contributed by atoms with Gasteiger partial charge in [0.05, 0.1) is 6.07 Å². The molecule has 0 aromatic carbocycles. The van der Waals surface area contributed by atoms with E-state index in [4.69, 9.17) is 0 Å². The number of rotatable bonds is 6. The Morgan fingerprint density at radius 1 is 1.37 bits per heavy atom. The first-order chi connectivity index (χ1) is 8.94. The van der Waals surface area contributed by atoms with E-state index in [0.29, 0.717) is 18.1 Å². The zero-order valence-corrected chi connectivity index (χ0v) is 13.4. The molecule has 1 N–H and O–H groups in total. The molecule has 3 nitrogen and oxygen atoms in total. The third kappa shape index (κ3) is 4.47. The van der Waals surface area contributed by atoms with Crippen molar-refractivity contribution < 1.29 is 0 Å². The molecule has 1 rings (SSSR count). The zero-order valence-electron chi connectivity index (χ0n) is 13.4. The summed E-state index contributed by atoms with van der Waals surface area (Å²) in [5.74, 6) is 0. The number of nitrogens with one attached hydrogen (secondary N) is 1. The van der Waals surface area contributed by atoms with Gasteiger partial charge in [0, 0.05) is 18.1 Å². The fourth-order valence-corrected chi connectivity index (χ4v) is 3.47. The van der Waals surface area contributed by atoms with Crippen LogP contribution in [-0.4, -0.2) is 35.1 Å². The van der Waals surface area contributed by atoms with Crippen LogP contribution in [0, 0.1) is 11.3 Å². The van der Waals surface area contributed by atoms with Gasteiger partial charge in [-0.25, -0.2) is 0 Å². The highest BCUT2D eigenvalue weighted by Crippen LogP contribution is 2.32. The van der Waals surface area contributed by atoms with Crippen molar-refractivity contribution in [1.29, 1.82) is 5.26 Å². The fraction of sp³-hybridized carbons (Fsp3) is 0.938. The van der Waals surface area contributed by atoms with Gasteiger partial charge in [-0.05, 0) is 66.3 Å². The van der Waals surface area contributed by atoms with Crippen molar-refractivity contribution in [1.82, 2.24) is 10.2 Å². The largest absolute Gasteiger partial charge is 0.298 e. The van der Waals surface area contributed by atoms with Gasteiger partial charge in [-0.15, -0.1) is 0 Å². The van der Waals surface area contributed by atoms with Crippen LogP contribution in [0.15, 0.2) is 0 Å². The minimum absolute atomic E-state index is 0.308. The van der Waals surface area contributed by atoms with E-state index in [0.717, 1.165) is 25.8 Å². The first-order valence-corrected chi connectivity index (χ1v) is 7.89. The van der Waals surface area contributed by atoms with Crippen LogP contribution in [0.5, 0.6) is 0 Å². The van der Waals surface area contributed by atoms with Crippen molar-refractivity contribution >= 4 is 0 Å². The summed E-state index contributed by atoms with van der Waals surface area (Å²) in [6.07, 6.45) is 5.55. The number of hydrogen-bond donors (Lipinski definition) is 1. The molecule has 3 heteroatoms. The summed E-state index contributed by atoms with van der Waals surface area (Å²) >= 11 is 0. The van der Waals surface area contributed by atoms with Crippen molar-refractivity contribution in [3.63, 3.8) is 0 Å². The molecule has 0 amide bonds. The zero-order chi connectivity index (χ0) is 14.5. The van der Waals surface area contributed by atoms with E-state index < -0.39 is 0 Å². The molecule has 1 fully saturated rings. The monoisotopic (exact) mass is 265 g/mol. The van der Waals surface area contributed by atoms with Gasteiger partial charge in [-0.1, -0.05) is 6.92 Å². The summed E-state index contributed by atoms with van der Waals surface area (Å²) in [4.78, 5) is 2.59. The van der Waals surface area contributed by atoms with Gasteiger partial charge >= 0.3 is 0 Å². The van der Waals surface area contributed by atoms with Crippen molar-refractivity contribution in [2.45, 2.75) is 90.4 Å². The normalized spacial score (nSPS) is 28.1. The second-order valence-electron chi connectivity index (χ2n) is 6.57. The summed E-state index contributed by atoms with van der Waals surface area (Å²) in [5, 5.41) is 13.2. The molecule has 0 radical (unpaired) electrons. The van der Waals surface area contributed by atoms with Crippen molar-refractivity contribution in [2.75, 3.05) is 6.54 Å². The number of nitriles is 1. The van der Waals surface area contributed by atoms with Gasteiger partial charge in [0.25, 0.3) is 0 Å². The molecule has 0 aromatic heterocycles. The topological polar surface area (TPSA) is 39.1 Å². The molecule has 0 spiro atoms. The molecule has 0 bridgehead atoms. The average molecular weight is 265 g/mol. The van der Waals surface area contributed by atoms with Crippen molar-refractivity contribution in [3.05, 3.63) is 0 Å². The Morgan fingerprint density at radius 3 is 2.53 bits per heavy atom. The SMILES string of the molecule is CCCN(C(C)C)C1CCCC(C#N)(NC(C)C)C1. The lowest BCUT2D eigenvalue weighted by Gasteiger charge is -2.44. The Kier molecular flexibility index (Phi) is 6.29. The molecular weight excluding hydrogens is 234 g/mol. The molecule has 0 heterocycles. The molecule has 0 saturated heterocycles. The molecule has 1 aliphatic rings. The minimum Gasteiger partial charge on any atom is -0.298 e. The van der Waals surface area contributed by atoms with E-state index in [2.05, 4.69) is 50.9 Å². The van der Waals surface area contributed by atoms with Gasteiger partial charge in [-0.2, -0.15) is 5.26 Å². The highest BCUT2D eigenvalue weighted by atomic mass is 15.2. The maximum atomic E-state index is 9.63. The van der Waals surface area contributed by atoms with Crippen molar-refractivity contribution in [3.8, 4) is 6.07 Å². The third-order valence-corrected chi connectivity index (χ3v) is 4.12. The second-order valence-corrected chi connectivity index (χ2v) is 6.57. The van der Waals surface area contributed by atoms with Crippen LogP contribution in [0.1, 0.15) is 66.7 Å². The van der Waals surface area contributed by atoms with Crippen LogP contribution in [0.3, 0.4) is 0 Å². The minimum atomic E-state index is -0.308. The Balaban J connectivity index is 2.79. The lowest BCUT2D eigenvalue weighted by Crippen LogP contribution is -2.55. The smallest absolute Gasteiger partial charge is 0.108 e. The molecule has 2 unspecified atom stereocenters. The summed E-state index contributed by atoms with van der Waals surface area (Å²) in [5.41, 5.74) is -0.308. The first-order valence-electron chi connectivity index (χ1n) is 7.89. The van der Waals surface area contributed by atoms with Crippen molar-refractivity contribution in [2.24, 2.45) is 0 Å². The Morgan fingerprint density at radius 2 is 2.05 bits per heavy atom. The highest BCUT2D eigenvalue weighted by molar-refractivity contribution is 5.11. The van der Waals surface area contributed by atoms with Crippen LogP contribution in [0.25, 0.3) is 0 Å². The summed E-state index contributed by atoms with van der Waals surface area (Å²) in [6.45, 7) is 12.2. The molecule has 1 saturated carbocycles. The first kappa shape index (κ1) is 16.5. The van der Waals surface area contributed by atoms with Gasteiger partial charge in [0.15, 0.2) is 0 Å². The number of hydrogen-bond acceptors (Lipinski definition) is 3. The summed E-state index contributed by atoms with van der Waals surface area (Å²) in [6, 6.07) is 4.07. The predicted octanol–water partition coefficient (Wildman–Crippen LogP) is 3.31. The molecular formula is C16H31N3. The van der Waals surface area contributed by atoms with Crippen LogP contribution >= 0.6 is 0 Å². The van der Waals surface area contributed by atoms with Crippen LogP contribution in [0.4, 0.5) is 0 Å². The molecule has 110 valence electrons. The van der Waals surface area contributed by atoms with Gasteiger partial charge in [-0.3, -0.25) is 10.2 Å². The van der Waals surface area contributed by atoms with Crippen LogP contribution in [-0.2, 0) is 0 Å². The van der Waals surface area contributed by atoms with Gasteiger partial charge in [0.2, 0.25) is 0 Å². The van der Waals surface area contributed by atoms with E-state index in [1.807, 2.05) is 0 Å². The van der Waals surface area contributed by atoms with E-state index >= 15 is 0 Å². The van der Waals surface area contributed by atoms with Gasteiger partial charge in [0.1, 0.15) is 5.54 Å². The maximum Gasteiger partial charge on any atom is 0.108 e. The Labute approximate surface area is 119 Å². The molecule has 19 heavy (non-hydrogen) atoms. The van der Waals surface area contributed by atoms with Crippen LogP contribution in [0.2, 0.25) is 0 Å². The second kappa shape index (κ2) is 7.26. The van der Waals surface area contributed by atoms with E-state index in [-0.39, 0.29) is 5.54 Å². The summed E-state index contributed by atoms with van der Waals surface area (Å²) in [7, 11) is 0. The quantitative estimate of drug-likeness (QED) is 0.801. The fourth-order valence-electron chi connectivity index (χ4n) is 3.47. The summed E-state index contributed by atoms with van der Waals surface area (Å²) < 4.78 is 0. The van der Waals surface area contributed by atoms with E-state index in [9.17, 15) is 5.26 Å². The van der Waals surface area contributed by atoms with E-state index in [1.165, 1.54) is 12.8 Å². The molecule has 2 atom stereocenters. The van der Waals surface area contributed by atoms with Crippen LogP contribution < -0.4 is 5.32 Å². The Bertz CT molecular complexity index is 306. The number of nitrogens with zero attached hydrogens (tertiary/aromatic N) is 2. The molecule has 1 aliphatic carbocycles. The maximum absolute atomic E-state index is 9.63. The van der Waals surface area contributed by atoms with Gasteiger partial charge < -0.3 is 0 Å². The van der Waals surface area contributed by atoms with E-state index in [1.54, 1.807) is 0 Å². The predicted molar refractivity (Wildman–Crippen MR) is 81.0 cm³/mol. The Hall–Kier alpha value is -0.590. The third-order valence-electron chi connectivity index (χ3n) is 4.12. The molecule has 0 aliphatic heterocycles.